The lowest BCUT2D eigenvalue weighted by Crippen LogP contribution is -2.36. The number of hydrogen-bond donors (Lipinski definition) is 1. The summed E-state index contributed by atoms with van der Waals surface area (Å²) in [5.74, 6) is 0.876. The van der Waals surface area contributed by atoms with Crippen LogP contribution in [0.3, 0.4) is 0 Å². The molecular weight excluding hydrogens is 360 g/mol. The van der Waals surface area contributed by atoms with E-state index in [-0.39, 0.29) is 11.9 Å². The molecule has 0 aliphatic rings. The summed E-state index contributed by atoms with van der Waals surface area (Å²) in [5.41, 5.74) is 2.44. The Morgan fingerprint density at radius 3 is 2.70 bits per heavy atom. The summed E-state index contributed by atoms with van der Waals surface area (Å²) >= 11 is 1.38. The van der Waals surface area contributed by atoms with Gasteiger partial charge in [-0.25, -0.2) is 4.98 Å². The van der Waals surface area contributed by atoms with Crippen LogP contribution in [0.25, 0.3) is 0 Å². The number of aryl methyl sites for hydroxylation is 1. The van der Waals surface area contributed by atoms with Crippen molar-refractivity contribution in [3.05, 3.63) is 41.2 Å². The van der Waals surface area contributed by atoms with Crippen molar-refractivity contribution < 1.29 is 9.53 Å². The summed E-state index contributed by atoms with van der Waals surface area (Å²) in [7, 11) is 1.68. The van der Waals surface area contributed by atoms with E-state index in [0.29, 0.717) is 32.5 Å². The molecule has 2 rings (SSSR count). The Morgan fingerprint density at radius 2 is 2.04 bits per heavy atom. The Bertz CT molecular complexity index is 702. The van der Waals surface area contributed by atoms with E-state index in [1.165, 1.54) is 22.7 Å². The predicted octanol–water partition coefficient (Wildman–Crippen LogP) is 3.19. The molecule has 148 valence electrons. The van der Waals surface area contributed by atoms with E-state index in [2.05, 4.69) is 57.7 Å². The molecule has 6 nitrogen and oxygen atoms in total. The molecule has 2 aromatic rings. The highest BCUT2D eigenvalue weighted by molar-refractivity contribution is 7.09. The molecule has 1 N–H and O–H groups in total. The van der Waals surface area contributed by atoms with Crippen LogP contribution in [-0.2, 0) is 16.0 Å². The number of amides is 1. The van der Waals surface area contributed by atoms with E-state index in [9.17, 15) is 4.79 Å². The highest BCUT2D eigenvalue weighted by Gasteiger charge is 2.15. The van der Waals surface area contributed by atoms with E-state index in [4.69, 9.17) is 4.74 Å². The van der Waals surface area contributed by atoms with Crippen molar-refractivity contribution in [2.24, 2.45) is 0 Å². The molecule has 1 aromatic heterocycles. The SMILES string of the molecule is CC[C@H](C)NC(=O)CCN(CCOC)c1nc(Cc2ccc(C)cc2)ns1. The predicted molar refractivity (Wildman–Crippen MR) is 110 cm³/mol. The van der Waals surface area contributed by atoms with Crippen LogP contribution >= 0.6 is 11.5 Å². The fraction of sp³-hybridized carbons (Fsp3) is 0.550. The molecule has 0 unspecified atom stereocenters. The average Bonchev–Trinajstić information content (AvgIpc) is 3.12. The maximum atomic E-state index is 12.1. The normalized spacial score (nSPS) is 12.0. The van der Waals surface area contributed by atoms with Gasteiger partial charge in [-0.05, 0) is 25.8 Å². The number of benzene rings is 1. The van der Waals surface area contributed by atoms with E-state index in [1.807, 2.05) is 6.92 Å². The van der Waals surface area contributed by atoms with Gasteiger partial charge in [0.25, 0.3) is 0 Å². The summed E-state index contributed by atoms with van der Waals surface area (Å²) < 4.78 is 9.71. The molecule has 0 radical (unpaired) electrons. The monoisotopic (exact) mass is 390 g/mol. The first kappa shape index (κ1) is 21.3. The number of carbonyl (C=O) groups excluding carboxylic acids is 1. The number of carbonyl (C=O) groups is 1. The second-order valence-electron chi connectivity index (χ2n) is 6.76. The number of aromatic nitrogens is 2. The van der Waals surface area contributed by atoms with Crippen LogP contribution in [0.4, 0.5) is 5.13 Å². The molecule has 7 heteroatoms. The van der Waals surface area contributed by atoms with Gasteiger partial charge in [-0.1, -0.05) is 36.8 Å². The molecule has 0 saturated heterocycles. The van der Waals surface area contributed by atoms with Crippen molar-refractivity contribution in [1.29, 1.82) is 0 Å². The van der Waals surface area contributed by atoms with Gasteiger partial charge in [0.1, 0.15) is 5.82 Å². The number of rotatable bonds is 11. The molecular formula is C20H30N4O2S. The van der Waals surface area contributed by atoms with Crippen LogP contribution in [0, 0.1) is 6.92 Å². The van der Waals surface area contributed by atoms with Crippen LogP contribution < -0.4 is 10.2 Å². The second kappa shape index (κ2) is 11.0. The lowest BCUT2D eigenvalue weighted by Gasteiger charge is -2.21. The van der Waals surface area contributed by atoms with Crippen molar-refractivity contribution in [3.63, 3.8) is 0 Å². The van der Waals surface area contributed by atoms with Gasteiger partial charge in [-0.3, -0.25) is 4.79 Å². The van der Waals surface area contributed by atoms with Crippen LogP contribution in [0.5, 0.6) is 0 Å². The molecule has 27 heavy (non-hydrogen) atoms. The Labute approximate surface area is 166 Å². The smallest absolute Gasteiger partial charge is 0.221 e. The van der Waals surface area contributed by atoms with Gasteiger partial charge < -0.3 is 15.0 Å². The first-order valence-electron chi connectivity index (χ1n) is 9.43. The number of methoxy groups -OCH3 is 1. The largest absolute Gasteiger partial charge is 0.383 e. The molecule has 0 bridgehead atoms. The quantitative estimate of drug-likeness (QED) is 0.638. The van der Waals surface area contributed by atoms with Crippen LogP contribution in [0.1, 0.15) is 43.6 Å². The number of hydrogen-bond acceptors (Lipinski definition) is 6. The first-order chi connectivity index (χ1) is 13.0. The third-order valence-electron chi connectivity index (χ3n) is 4.40. The minimum absolute atomic E-state index is 0.0659. The van der Waals surface area contributed by atoms with Crippen molar-refractivity contribution in [2.75, 3.05) is 31.7 Å². The molecule has 1 aromatic carbocycles. The van der Waals surface area contributed by atoms with Crippen LogP contribution in [0.15, 0.2) is 24.3 Å². The van der Waals surface area contributed by atoms with E-state index in [0.717, 1.165) is 17.4 Å². The molecule has 0 aliphatic carbocycles. The summed E-state index contributed by atoms with van der Waals surface area (Å²) in [5, 5.41) is 3.84. The van der Waals surface area contributed by atoms with Crippen LogP contribution in [-0.4, -0.2) is 48.1 Å². The fourth-order valence-corrected chi connectivity index (χ4v) is 3.26. The van der Waals surface area contributed by atoms with Crippen LogP contribution in [0.2, 0.25) is 0 Å². The number of ether oxygens (including phenoxy) is 1. The van der Waals surface area contributed by atoms with Gasteiger partial charge in [0.15, 0.2) is 0 Å². The lowest BCUT2D eigenvalue weighted by molar-refractivity contribution is -0.121. The Kier molecular flexibility index (Phi) is 8.67. The van der Waals surface area contributed by atoms with Gasteiger partial charge >= 0.3 is 0 Å². The molecule has 0 fully saturated rings. The zero-order valence-electron chi connectivity index (χ0n) is 16.7. The highest BCUT2D eigenvalue weighted by Crippen LogP contribution is 2.19. The number of nitrogens with zero attached hydrogens (tertiary/aromatic N) is 3. The molecule has 1 atom stereocenters. The van der Waals surface area contributed by atoms with Crippen molar-refractivity contribution in [2.45, 2.75) is 46.1 Å². The molecule has 1 amide bonds. The van der Waals surface area contributed by atoms with Gasteiger partial charge in [-0.15, -0.1) is 0 Å². The summed E-state index contributed by atoms with van der Waals surface area (Å²) in [6, 6.07) is 8.62. The van der Waals surface area contributed by atoms with Gasteiger partial charge in [0.05, 0.1) is 6.61 Å². The molecule has 0 spiro atoms. The minimum Gasteiger partial charge on any atom is -0.383 e. The fourth-order valence-electron chi connectivity index (χ4n) is 2.52. The van der Waals surface area contributed by atoms with Gasteiger partial charge in [-0.2, -0.15) is 4.37 Å². The number of anilines is 1. The molecule has 0 aliphatic heterocycles. The van der Waals surface area contributed by atoms with E-state index < -0.39 is 0 Å². The third kappa shape index (κ3) is 7.27. The van der Waals surface area contributed by atoms with E-state index in [1.54, 1.807) is 7.11 Å². The maximum absolute atomic E-state index is 12.1. The van der Waals surface area contributed by atoms with Crippen molar-refractivity contribution >= 4 is 22.6 Å². The Balaban J connectivity index is 1.97. The second-order valence-corrected chi connectivity index (χ2v) is 7.49. The minimum atomic E-state index is 0.0659. The average molecular weight is 391 g/mol. The highest BCUT2D eigenvalue weighted by atomic mass is 32.1. The Hall–Kier alpha value is -1.99. The summed E-state index contributed by atoms with van der Waals surface area (Å²) in [4.78, 5) is 18.9. The van der Waals surface area contributed by atoms with Crippen molar-refractivity contribution in [1.82, 2.24) is 14.7 Å². The molecule has 1 heterocycles. The third-order valence-corrected chi connectivity index (χ3v) is 5.22. The topological polar surface area (TPSA) is 67.4 Å². The summed E-state index contributed by atoms with van der Waals surface area (Å²) in [6.45, 7) is 8.03. The summed E-state index contributed by atoms with van der Waals surface area (Å²) in [6.07, 6.45) is 2.07. The lowest BCUT2D eigenvalue weighted by atomic mass is 10.1. The van der Waals surface area contributed by atoms with Gasteiger partial charge in [0, 0.05) is 50.6 Å². The first-order valence-corrected chi connectivity index (χ1v) is 10.2. The van der Waals surface area contributed by atoms with E-state index >= 15 is 0 Å². The van der Waals surface area contributed by atoms with Gasteiger partial charge in [0.2, 0.25) is 11.0 Å². The Morgan fingerprint density at radius 1 is 1.30 bits per heavy atom. The zero-order valence-corrected chi connectivity index (χ0v) is 17.5. The maximum Gasteiger partial charge on any atom is 0.221 e. The number of nitrogens with one attached hydrogen (secondary N) is 1. The molecule has 0 saturated carbocycles. The zero-order chi connectivity index (χ0) is 19.6. The standard InChI is InChI=1S/C20H30N4O2S/c1-5-16(3)21-19(25)10-11-24(12-13-26-4)20-22-18(23-27-20)14-17-8-6-15(2)7-9-17/h6-9,16H,5,10-14H2,1-4H3,(H,21,25)/t16-/m0/s1. The van der Waals surface area contributed by atoms with Crippen molar-refractivity contribution in [3.8, 4) is 0 Å².